The lowest BCUT2D eigenvalue weighted by molar-refractivity contribution is 0.0378. The Kier molecular flexibility index (Phi) is 3.40. The molecule has 2 aromatic carbocycles. The SMILES string of the molecule is C[C@@]12C[C@@H](NC(=O)N1c1cccc(C(=O)O)c1)c1cc(Cl)ccc1O2. The molecule has 2 aliphatic rings. The van der Waals surface area contributed by atoms with Crippen molar-refractivity contribution in [1.29, 1.82) is 0 Å². The Morgan fingerprint density at radius 3 is 2.92 bits per heavy atom. The highest BCUT2D eigenvalue weighted by atomic mass is 35.5. The number of anilines is 1. The fourth-order valence-electron chi connectivity index (χ4n) is 3.51. The van der Waals surface area contributed by atoms with Crippen molar-refractivity contribution in [3.63, 3.8) is 0 Å². The molecule has 128 valence electrons. The summed E-state index contributed by atoms with van der Waals surface area (Å²) in [6, 6.07) is 11.0. The maximum absolute atomic E-state index is 12.7. The summed E-state index contributed by atoms with van der Waals surface area (Å²) in [5, 5.41) is 12.7. The number of hydrogen-bond donors (Lipinski definition) is 2. The number of halogens is 1. The maximum Gasteiger partial charge on any atom is 0.335 e. The van der Waals surface area contributed by atoms with Gasteiger partial charge in [-0.25, -0.2) is 9.59 Å². The van der Waals surface area contributed by atoms with Crippen LogP contribution in [0.25, 0.3) is 0 Å². The average Bonchev–Trinajstić information content (AvgIpc) is 2.55. The van der Waals surface area contributed by atoms with Gasteiger partial charge in [-0.3, -0.25) is 4.90 Å². The molecule has 2 N–H and O–H groups in total. The number of nitrogens with one attached hydrogen (secondary N) is 1. The van der Waals surface area contributed by atoms with Gasteiger partial charge >= 0.3 is 12.0 Å². The zero-order chi connectivity index (χ0) is 17.8. The van der Waals surface area contributed by atoms with Gasteiger partial charge in [0.15, 0.2) is 5.72 Å². The monoisotopic (exact) mass is 358 g/mol. The fourth-order valence-corrected chi connectivity index (χ4v) is 3.69. The fraction of sp³-hybridized carbons (Fsp3) is 0.222. The summed E-state index contributed by atoms with van der Waals surface area (Å²) < 4.78 is 6.14. The number of amides is 2. The molecule has 0 saturated carbocycles. The van der Waals surface area contributed by atoms with Crippen molar-refractivity contribution in [3.05, 3.63) is 58.6 Å². The Balaban J connectivity index is 1.79. The summed E-state index contributed by atoms with van der Waals surface area (Å²) in [7, 11) is 0. The number of carbonyl (C=O) groups is 2. The van der Waals surface area contributed by atoms with Gasteiger partial charge in [0.2, 0.25) is 0 Å². The summed E-state index contributed by atoms with van der Waals surface area (Å²) in [6.45, 7) is 1.82. The van der Waals surface area contributed by atoms with Gasteiger partial charge in [0, 0.05) is 17.0 Å². The molecule has 0 spiro atoms. The van der Waals surface area contributed by atoms with Crippen LogP contribution in [0.4, 0.5) is 10.5 Å². The molecule has 0 aromatic heterocycles. The van der Waals surface area contributed by atoms with Crippen molar-refractivity contribution >= 4 is 29.3 Å². The third kappa shape index (κ3) is 2.49. The quantitative estimate of drug-likeness (QED) is 0.855. The highest BCUT2D eigenvalue weighted by Crippen LogP contribution is 2.46. The number of nitrogens with zero attached hydrogens (tertiary/aromatic N) is 1. The molecule has 25 heavy (non-hydrogen) atoms. The molecule has 1 fully saturated rings. The molecule has 0 unspecified atom stereocenters. The summed E-state index contributed by atoms with van der Waals surface area (Å²) >= 11 is 6.06. The number of carboxylic acids is 1. The van der Waals surface area contributed by atoms with E-state index in [0.29, 0.717) is 22.9 Å². The van der Waals surface area contributed by atoms with Crippen molar-refractivity contribution in [2.75, 3.05) is 4.90 Å². The molecule has 4 rings (SSSR count). The van der Waals surface area contributed by atoms with Crippen molar-refractivity contribution < 1.29 is 19.4 Å². The second kappa shape index (κ2) is 5.39. The van der Waals surface area contributed by atoms with Crippen LogP contribution in [-0.2, 0) is 0 Å². The number of carboxylic acid groups (broad SMARTS) is 1. The number of aromatic carboxylic acids is 1. The Bertz CT molecular complexity index is 900. The van der Waals surface area contributed by atoms with Gasteiger partial charge in [-0.15, -0.1) is 0 Å². The predicted molar refractivity (Wildman–Crippen MR) is 92.3 cm³/mol. The minimum absolute atomic E-state index is 0.110. The van der Waals surface area contributed by atoms with Gasteiger partial charge in [-0.1, -0.05) is 17.7 Å². The minimum atomic E-state index is -1.05. The van der Waals surface area contributed by atoms with Crippen LogP contribution < -0.4 is 15.0 Å². The van der Waals surface area contributed by atoms with E-state index in [1.165, 1.54) is 17.0 Å². The number of carbonyl (C=O) groups excluding carboxylic acids is 1. The predicted octanol–water partition coefficient (Wildman–Crippen LogP) is 3.81. The average molecular weight is 359 g/mol. The van der Waals surface area contributed by atoms with Crippen LogP contribution >= 0.6 is 11.6 Å². The van der Waals surface area contributed by atoms with Gasteiger partial charge in [-0.2, -0.15) is 0 Å². The van der Waals surface area contributed by atoms with Crippen LogP contribution in [0.5, 0.6) is 5.75 Å². The first-order chi connectivity index (χ1) is 11.9. The second-order valence-corrected chi connectivity index (χ2v) is 6.79. The number of benzene rings is 2. The van der Waals surface area contributed by atoms with Gasteiger partial charge in [-0.05, 0) is 43.3 Å². The Labute approximate surface area is 149 Å². The number of ether oxygens (including phenoxy) is 1. The molecule has 6 nitrogen and oxygen atoms in total. The van der Waals surface area contributed by atoms with Crippen LogP contribution in [-0.4, -0.2) is 22.8 Å². The van der Waals surface area contributed by atoms with Gasteiger partial charge in [0.05, 0.1) is 17.3 Å². The van der Waals surface area contributed by atoms with Crippen molar-refractivity contribution in [2.24, 2.45) is 0 Å². The normalized spacial score (nSPS) is 24.2. The van der Waals surface area contributed by atoms with E-state index in [1.807, 2.05) is 6.92 Å². The van der Waals surface area contributed by atoms with Crippen LogP contribution in [0.15, 0.2) is 42.5 Å². The zero-order valence-electron chi connectivity index (χ0n) is 13.3. The molecule has 2 aromatic rings. The first kappa shape index (κ1) is 15.8. The number of urea groups is 1. The molecule has 2 heterocycles. The Hall–Kier alpha value is -2.73. The van der Waals surface area contributed by atoms with Crippen LogP contribution in [0.1, 0.15) is 35.3 Å². The molecule has 1 saturated heterocycles. The summed E-state index contributed by atoms with van der Waals surface area (Å²) in [5.41, 5.74) is 0.498. The molecule has 2 amide bonds. The van der Waals surface area contributed by atoms with Crippen LogP contribution in [0.3, 0.4) is 0 Å². The largest absolute Gasteiger partial charge is 0.478 e. The summed E-state index contributed by atoms with van der Waals surface area (Å²) in [5.74, 6) is -0.394. The summed E-state index contributed by atoms with van der Waals surface area (Å²) in [4.78, 5) is 25.5. The van der Waals surface area contributed by atoms with E-state index >= 15 is 0 Å². The molecule has 2 aliphatic heterocycles. The molecule has 0 aliphatic carbocycles. The van der Waals surface area contributed by atoms with E-state index in [-0.39, 0.29) is 17.6 Å². The number of hydrogen-bond acceptors (Lipinski definition) is 3. The van der Waals surface area contributed by atoms with Crippen molar-refractivity contribution in [2.45, 2.75) is 25.1 Å². The lowest BCUT2D eigenvalue weighted by Crippen LogP contribution is -2.65. The Morgan fingerprint density at radius 1 is 1.36 bits per heavy atom. The zero-order valence-corrected chi connectivity index (χ0v) is 14.1. The minimum Gasteiger partial charge on any atom is -0.478 e. The van der Waals surface area contributed by atoms with E-state index in [1.54, 1.807) is 30.3 Å². The standard InChI is InChI=1S/C18H15ClN2O4/c1-18-9-14(13-8-11(19)5-6-15(13)25-18)20-17(24)21(18)12-4-2-3-10(7-12)16(22)23/h2-8,14H,9H2,1H3,(H,20,24)(H,22,23)/t14-,18-/m1/s1. The van der Waals surface area contributed by atoms with Crippen LogP contribution in [0.2, 0.25) is 5.02 Å². The molecule has 2 atom stereocenters. The van der Waals surface area contributed by atoms with E-state index in [2.05, 4.69) is 5.32 Å². The lowest BCUT2D eigenvalue weighted by Gasteiger charge is -2.50. The van der Waals surface area contributed by atoms with Gasteiger partial charge in [0.1, 0.15) is 5.75 Å². The first-order valence-electron chi connectivity index (χ1n) is 7.80. The maximum atomic E-state index is 12.7. The number of fused-ring (bicyclic) bond motifs is 4. The van der Waals surface area contributed by atoms with E-state index in [9.17, 15) is 14.7 Å². The van der Waals surface area contributed by atoms with Crippen molar-refractivity contribution in [3.8, 4) is 5.75 Å². The third-order valence-corrected chi connectivity index (χ3v) is 4.82. The molecule has 2 bridgehead atoms. The molecule has 0 radical (unpaired) electrons. The third-order valence-electron chi connectivity index (χ3n) is 4.59. The van der Waals surface area contributed by atoms with Gasteiger partial charge < -0.3 is 15.2 Å². The van der Waals surface area contributed by atoms with Gasteiger partial charge in [0.25, 0.3) is 0 Å². The smallest absolute Gasteiger partial charge is 0.335 e. The molecular weight excluding hydrogens is 344 g/mol. The van der Waals surface area contributed by atoms with E-state index < -0.39 is 11.7 Å². The topological polar surface area (TPSA) is 78.9 Å². The second-order valence-electron chi connectivity index (χ2n) is 6.36. The first-order valence-corrected chi connectivity index (χ1v) is 8.18. The van der Waals surface area contributed by atoms with Crippen molar-refractivity contribution in [1.82, 2.24) is 5.32 Å². The molecule has 7 heteroatoms. The van der Waals surface area contributed by atoms with E-state index in [4.69, 9.17) is 16.3 Å². The highest BCUT2D eigenvalue weighted by molar-refractivity contribution is 6.30. The van der Waals surface area contributed by atoms with Crippen LogP contribution in [0, 0.1) is 0 Å². The molecular formula is C18H15ClN2O4. The number of rotatable bonds is 2. The lowest BCUT2D eigenvalue weighted by atomic mass is 9.90. The summed E-state index contributed by atoms with van der Waals surface area (Å²) in [6.07, 6.45) is 0.517. The highest BCUT2D eigenvalue weighted by Gasteiger charge is 2.49. The Morgan fingerprint density at radius 2 is 2.16 bits per heavy atom. The van der Waals surface area contributed by atoms with E-state index in [0.717, 1.165) is 5.56 Å².